The average Bonchev–Trinajstić information content (AvgIpc) is 2.63. The Morgan fingerprint density at radius 2 is 1.59 bits per heavy atom. The van der Waals surface area contributed by atoms with E-state index >= 15 is 0 Å². The molecule has 0 unspecified atom stereocenters. The van der Waals surface area contributed by atoms with Gasteiger partial charge in [0.1, 0.15) is 5.75 Å². The Kier molecular flexibility index (Phi) is 5.80. The van der Waals surface area contributed by atoms with Crippen LogP contribution in [0.1, 0.15) is 5.56 Å². The summed E-state index contributed by atoms with van der Waals surface area (Å²) in [5.41, 5.74) is 2.66. The third-order valence-electron chi connectivity index (χ3n) is 4.37. The SMILES string of the molecule is CNC(=O)Nc1ccc(OCC2CN(C(=O)Nc3ccc(C)cc3)C2)cc1. The van der Waals surface area contributed by atoms with Crippen LogP contribution in [0.5, 0.6) is 5.75 Å². The van der Waals surface area contributed by atoms with Crippen LogP contribution in [-0.2, 0) is 0 Å². The summed E-state index contributed by atoms with van der Waals surface area (Å²) < 4.78 is 5.77. The molecule has 2 aromatic carbocycles. The highest BCUT2D eigenvalue weighted by Crippen LogP contribution is 2.21. The summed E-state index contributed by atoms with van der Waals surface area (Å²) in [6, 6.07) is 14.6. The molecule has 1 saturated heterocycles. The van der Waals surface area contributed by atoms with E-state index < -0.39 is 0 Å². The number of rotatable bonds is 5. The van der Waals surface area contributed by atoms with Crippen molar-refractivity contribution >= 4 is 23.4 Å². The van der Waals surface area contributed by atoms with E-state index in [9.17, 15) is 9.59 Å². The van der Waals surface area contributed by atoms with E-state index in [1.165, 1.54) is 0 Å². The zero-order chi connectivity index (χ0) is 19.2. The van der Waals surface area contributed by atoms with Crippen LogP contribution in [-0.4, -0.2) is 43.7 Å². The fraction of sp³-hybridized carbons (Fsp3) is 0.300. The summed E-state index contributed by atoms with van der Waals surface area (Å²) in [5, 5.41) is 8.08. The van der Waals surface area contributed by atoms with E-state index in [0.717, 1.165) is 17.0 Å². The number of hydrogen-bond acceptors (Lipinski definition) is 3. The Balaban J connectivity index is 1.38. The molecule has 0 radical (unpaired) electrons. The molecule has 7 heteroatoms. The predicted molar refractivity (Wildman–Crippen MR) is 105 cm³/mol. The predicted octanol–water partition coefficient (Wildman–Crippen LogP) is 3.29. The van der Waals surface area contributed by atoms with Gasteiger partial charge in [-0.2, -0.15) is 0 Å². The fourth-order valence-corrected chi connectivity index (χ4v) is 2.72. The van der Waals surface area contributed by atoms with Gasteiger partial charge in [0.25, 0.3) is 0 Å². The van der Waals surface area contributed by atoms with Crippen LogP contribution < -0.4 is 20.7 Å². The molecule has 0 atom stereocenters. The molecule has 4 amide bonds. The Hall–Kier alpha value is -3.22. The Bertz CT molecular complexity index is 784. The fourth-order valence-electron chi connectivity index (χ4n) is 2.72. The lowest BCUT2D eigenvalue weighted by Crippen LogP contribution is -2.53. The first-order valence-corrected chi connectivity index (χ1v) is 8.87. The first-order chi connectivity index (χ1) is 13.0. The van der Waals surface area contributed by atoms with Crippen LogP contribution in [0.4, 0.5) is 21.0 Å². The van der Waals surface area contributed by atoms with Crippen molar-refractivity contribution in [3.8, 4) is 5.75 Å². The molecule has 27 heavy (non-hydrogen) atoms. The van der Waals surface area contributed by atoms with E-state index in [-0.39, 0.29) is 12.1 Å². The van der Waals surface area contributed by atoms with Crippen LogP contribution >= 0.6 is 0 Å². The molecule has 0 aromatic heterocycles. The first-order valence-electron chi connectivity index (χ1n) is 8.87. The van der Waals surface area contributed by atoms with E-state index in [0.29, 0.717) is 31.3 Å². The second-order valence-electron chi connectivity index (χ2n) is 6.61. The minimum Gasteiger partial charge on any atom is -0.493 e. The van der Waals surface area contributed by atoms with Crippen molar-refractivity contribution in [2.24, 2.45) is 5.92 Å². The molecule has 142 valence electrons. The zero-order valence-corrected chi connectivity index (χ0v) is 15.5. The summed E-state index contributed by atoms with van der Waals surface area (Å²) >= 11 is 0. The number of nitrogens with one attached hydrogen (secondary N) is 3. The lowest BCUT2D eigenvalue weighted by atomic mass is 10.0. The van der Waals surface area contributed by atoms with Crippen molar-refractivity contribution in [3.63, 3.8) is 0 Å². The van der Waals surface area contributed by atoms with Gasteiger partial charge in [0.2, 0.25) is 0 Å². The van der Waals surface area contributed by atoms with Crippen molar-refractivity contribution in [3.05, 3.63) is 54.1 Å². The molecule has 1 fully saturated rings. The van der Waals surface area contributed by atoms with Gasteiger partial charge in [-0.15, -0.1) is 0 Å². The highest BCUT2D eigenvalue weighted by atomic mass is 16.5. The quantitative estimate of drug-likeness (QED) is 0.757. The number of hydrogen-bond donors (Lipinski definition) is 3. The molecule has 0 spiro atoms. The van der Waals surface area contributed by atoms with Gasteiger partial charge >= 0.3 is 12.1 Å². The van der Waals surface area contributed by atoms with E-state index in [4.69, 9.17) is 4.74 Å². The van der Waals surface area contributed by atoms with Crippen LogP contribution in [0.3, 0.4) is 0 Å². The van der Waals surface area contributed by atoms with Crippen LogP contribution in [0, 0.1) is 12.8 Å². The lowest BCUT2D eigenvalue weighted by molar-refractivity contribution is 0.0925. The van der Waals surface area contributed by atoms with Crippen molar-refractivity contribution in [1.82, 2.24) is 10.2 Å². The number of carbonyl (C=O) groups is 2. The topological polar surface area (TPSA) is 82.7 Å². The van der Waals surface area contributed by atoms with E-state index in [2.05, 4.69) is 16.0 Å². The van der Waals surface area contributed by atoms with Gasteiger partial charge in [0, 0.05) is 37.4 Å². The summed E-state index contributed by atoms with van der Waals surface area (Å²) in [4.78, 5) is 25.2. The second kappa shape index (κ2) is 8.44. The van der Waals surface area contributed by atoms with Gasteiger partial charge in [0.15, 0.2) is 0 Å². The number of likely N-dealkylation sites (tertiary alicyclic amines) is 1. The smallest absolute Gasteiger partial charge is 0.321 e. The lowest BCUT2D eigenvalue weighted by Gasteiger charge is -2.38. The molecule has 0 bridgehead atoms. The number of ether oxygens (including phenoxy) is 1. The number of amides is 4. The summed E-state index contributed by atoms with van der Waals surface area (Å²) in [7, 11) is 1.57. The normalized spacial score (nSPS) is 13.5. The minimum absolute atomic E-state index is 0.0836. The molecular formula is C20H24N4O3. The highest BCUT2D eigenvalue weighted by Gasteiger charge is 2.31. The van der Waals surface area contributed by atoms with Gasteiger partial charge in [-0.3, -0.25) is 0 Å². The summed E-state index contributed by atoms with van der Waals surface area (Å²) in [5.74, 6) is 1.05. The van der Waals surface area contributed by atoms with E-state index in [1.54, 1.807) is 24.1 Å². The van der Waals surface area contributed by atoms with Crippen molar-refractivity contribution < 1.29 is 14.3 Å². The molecule has 3 rings (SSSR count). The molecule has 3 N–H and O–H groups in total. The molecular weight excluding hydrogens is 344 g/mol. The van der Waals surface area contributed by atoms with Crippen LogP contribution in [0.2, 0.25) is 0 Å². The molecule has 0 saturated carbocycles. The van der Waals surface area contributed by atoms with Gasteiger partial charge in [-0.05, 0) is 43.3 Å². The average molecular weight is 368 g/mol. The van der Waals surface area contributed by atoms with E-state index in [1.807, 2.05) is 43.3 Å². The molecule has 0 aliphatic carbocycles. The van der Waals surface area contributed by atoms with Crippen molar-refractivity contribution in [2.75, 3.05) is 37.4 Å². The van der Waals surface area contributed by atoms with Gasteiger partial charge in [-0.25, -0.2) is 9.59 Å². The van der Waals surface area contributed by atoms with Gasteiger partial charge in [-0.1, -0.05) is 17.7 Å². The number of nitrogens with zero attached hydrogens (tertiary/aromatic N) is 1. The summed E-state index contributed by atoms with van der Waals surface area (Å²) in [6.45, 7) is 3.91. The van der Waals surface area contributed by atoms with Crippen molar-refractivity contribution in [1.29, 1.82) is 0 Å². The second-order valence-corrected chi connectivity index (χ2v) is 6.61. The molecule has 1 aliphatic heterocycles. The zero-order valence-electron chi connectivity index (χ0n) is 15.5. The Morgan fingerprint density at radius 3 is 2.22 bits per heavy atom. The molecule has 1 aliphatic rings. The van der Waals surface area contributed by atoms with Crippen LogP contribution in [0.15, 0.2) is 48.5 Å². The maximum atomic E-state index is 12.2. The maximum absolute atomic E-state index is 12.2. The third-order valence-corrected chi connectivity index (χ3v) is 4.37. The summed E-state index contributed by atoms with van der Waals surface area (Å²) in [6.07, 6.45) is 0. The van der Waals surface area contributed by atoms with Gasteiger partial charge < -0.3 is 25.6 Å². The number of benzene rings is 2. The molecule has 1 heterocycles. The largest absolute Gasteiger partial charge is 0.493 e. The Labute approximate surface area is 158 Å². The molecule has 7 nitrogen and oxygen atoms in total. The first kappa shape index (κ1) is 18.6. The standard InChI is InChI=1S/C20H24N4O3/c1-14-3-5-17(6-4-14)23-20(26)24-11-15(12-24)13-27-18-9-7-16(8-10-18)22-19(25)21-2/h3-10,15H,11-13H2,1-2H3,(H,23,26)(H2,21,22,25). The minimum atomic E-state index is -0.262. The number of urea groups is 2. The van der Waals surface area contributed by atoms with Gasteiger partial charge in [0.05, 0.1) is 6.61 Å². The highest BCUT2D eigenvalue weighted by molar-refractivity contribution is 5.90. The monoisotopic (exact) mass is 368 g/mol. The van der Waals surface area contributed by atoms with Crippen LogP contribution in [0.25, 0.3) is 0 Å². The number of carbonyl (C=O) groups excluding carboxylic acids is 2. The Morgan fingerprint density at radius 1 is 1.00 bits per heavy atom. The van der Waals surface area contributed by atoms with Crippen molar-refractivity contribution in [2.45, 2.75) is 6.92 Å². The number of aryl methyl sites for hydroxylation is 1. The third kappa shape index (κ3) is 5.13. The molecule has 2 aromatic rings. The number of anilines is 2. The maximum Gasteiger partial charge on any atom is 0.321 e.